The first-order valence-corrected chi connectivity index (χ1v) is 13.9. The minimum atomic E-state index is -0.0794. The topological polar surface area (TPSA) is 79.0 Å². The molecule has 0 N–H and O–H groups in total. The van der Waals surface area contributed by atoms with Gasteiger partial charge in [-0.25, -0.2) is 4.98 Å². The summed E-state index contributed by atoms with van der Waals surface area (Å²) in [6.07, 6.45) is 8.78. The van der Waals surface area contributed by atoms with E-state index in [2.05, 4.69) is 6.07 Å². The Morgan fingerprint density at radius 3 is 2.71 bits per heavy atom. The number of rotatable bonds is 7. The summed E-state index contributed by atoms with van der Waals surface area (Å²) in [6, 6.07) is 11.7. The Labute approximate surface area is 207 Å². The quantitative estimate of drug-likeness (QED) is 0.322. The number of para-hydroxylation sites is 1. The number of thiophene rings is 1. The van der Waals surface area contributed by atoms with Crippen molar-refractivity contribution in [1.82, 2.24) is 9.55 Å². The van der Waals surface area contributed by atoms with Crippen LogP contribution in [0.15, 0.2) is 40.3 Å². The van der Waals surface area contributed by atoms with Crippen LogP contribution < -0.4 is 10.5 Å². The van der Waals surface area contributed by atoms with Crippen LogP contribution in [0.5, 0.6) is 0 Å². The van der Waals surface area contributed by atoms with E-state index >= 15 is 0 Å². The Morgan fingerprint density at radius 1 is 1.18 bits per heavy atom. The molecule has 2 aliphatic carbocycles. The monoisotopic (exact) mass is 492 g/mol. The average Bonchev–Trinajstić information content (AvgIpc) is 3.51. The minimum absolute atomic E-state index is 0.0793. The van der Waals surface area contributed by atoms with E-state index in [1.807, 2.05) is 34.9 Å². The van der Waals surface area contributed by atoms with Gasteiger partial charge < -0.3 is 4.90 Å². The van der Waals surface area contributed by atoms with Crippen LogP contribution in [0.1, 0.15) is 61.4 Å². The number of hydrogen-bond acceptors (Lipinski definition) is 6. The summed E-state index contributed by atoms with van der Waals surface area (Å²) in [5.41, 5.74) is 2.08. The predicted octanol–water partition coefficient (Wildman–Crippen LogP) is 5.49. The summed E-state index contributed by atoms with van der Waals surface area (Å²) in [7, 11) is 0. The van der Waals surface area contributed by atoms with E-state index < -0.39 is 0 Å². The summed E-state index contributed by atoms with van der Waals surface area (Å²) >= 11 is 3.02. The van der Waals surface area contributed by atoms with E-state index in [-0.39, 0.29) is 29.7 Å². The van der Waals surface area contributed by atoms with Gasteiger partial charge in [0.05, 0.1) is 23.6 Å². The standard InChI is InChI=1S/C26H28N4O2S2/c27-15-8-16-29(18-9-2-1-3-10-18)22(31)17-33-26-28-24-23(20-13-6-7-14-21(20)34-24)25(32)30(26)19-11-4-5-12-19/h1-3,9-10,19H,4-8,11-14,16-17H2. The maximum Gasteiger partial charge on any atom is 0.263 e. The molecule has 1 aromatic carbocycles. The molecular weight excluding hydrogens is 464 g/mol. The van der Waals surface area contributed by atoms with Crippen LogP contribution in [0.2, 0.25) is 0 Å². The molecule has 1 saturated carbocycles. The molecule has 0 unspecified atom stereocenters. The SMILES string of the molecule is N#CCCN(C(=O)CSc1nc2sc3c(c2c(=O)n1C1CCCC1)CCCC3)c1ccccc1. The van der Waals surface area contributed by atoms with Crippen molar-refractivity contribution in [1.29, 1.82) is 5.26 Å². The maximum absolute atomic E-state index is 13.8. The number of carbonyl (C=O) groups is 1. The second-order valence-corrected chi connectivity index (χ2v) is 11.0. The lowest BCUT2D eigenvalue weighted by atomic mass is 9.97. The van der Waals surface area contributed by atoms with Crippen molar-refractivity contribution in [3.63, 3.8) is 0 Å². The molecule has 2 aliphatic rings. The second-order valence-electron chi connectivity index (χ2n) is 8.98. The van der Waals surface area contributed by atoms with Crippen molar-refractivity contribution in [2.24, 2.45) is 0 Å². The van der Waals surface area contributed by atoms with Crippen molar-refractivity contribution in [2.45, 2.75) is 69.0 Å². The molecule has 6 nitrogen and oxygen atoms in total. The van der Waals surface area contributed by atoms with Gasteiger partial charge in [0.2, 0.25) is 5.91 Å². The summed E-state index contributed by atoms with van der Waals surface area (Å²) < 4.78 is 1.90. The van der Waals surface area contributed by atoms with E-state index in [1.54, 1.807) is 16.2 Å². The van der Waals surface area contributed by atoms with Gasteiger partial charge in [0.1, 0.15) is 4.83 Å². The van der Waals surface area contributed by atoms with Gasteiger partial charge in [0.25, 0.3) is 5.56 Å². The molecule has 2 heterocycles. The molecule has 0 spiro atoms. The van der Waals surface area contributed by atoms with Gasteiger partial charge in [-0.2, -0.15) is 5.26 Å². The lowest BCUT2D eigenvalue weighted by molar-refractivity contribution is -0.116. The van der Waals surface area contributed by atoms with Crippen LogP contribution in [-0.4, -0.2) is 27.8 Å². The van der Waals surface area contributed by atoms with Crippen molar-refractivity contribution in [3.8, 4) is 6.07 Å². The minimum Gasteiger partial charge on any atom is -0.311 e. The van der Waals surface area contributed by atoms with Crippen LogP contribution in [-0.2, 0) is 17.6 Å². The molecule has 2 aromatic heterocycles. The van der Waals surface area contributed by atoms with Crippen molar-refractivity contribution < 1.29 is 4.79 Å². The number of nitrogens with zero attached hydrogens (tertiary/aromatic N) is 4. The number of benzene rings is 1. The highest BCUT2D eigenvalue weighted by Crippen LogP contribution is 2.37. The molecule has 0 saturated heterocycles. The molecule has 8 heteroatoms. The van der Waals surface area contributed by atoms with Crippen LogP contribution in [0.25, 0.3) is 10.2 Å². The summed E-state index contributed by atoms with van der Waals surface area (Å²) in [5.74, 6) is 0.0973. The number of amides is 1. The molecule has 34 heavy (non-hydrogen) atoms. The van der Waals surface area contributed by atoms with Crippen molar-refractivity contribution >= 4 is 44.9 Å². The van der Waals surface area contributed by atoms with Gasteiger partial charge >= 0.3 is 0 Å². The van der Waals surface area contributed by atoms with Crippen molar-refractivity contribution in [3.05, 3.63) is 51.1 Å². The number of thioether (sulfide) groups is 1. The van der Waals surface area contributed by atoms with Crippen LogP contribution in [0.4, 0.5) is 5.69 Å². The zero-order valence-electron chi connectivity index (χ0n) is 19.2. The predicted molar refractivity (Wildman–Crippen MR) is 138 cm³/mol. The second kappa shape index (κ2) is 10.3. The van der Waals surface area contributed by atoms with Crippen LogP contribution >= 0.6 is 23.1 Å². The number of nitriles is 1. The van der Waals surface area contributed by atoms with Crippen LogP contribution in [0.3, 0.4) is 0 Å². The summed E-state index contributed by atoms with van der Waals surface area (Å²) in [6.45, 7) is 0.347. The molecule has 5 rings (SSSR count). The van der Waals surface area contributed by atoms with E-state index in [0.29, 0.717) is 11.7 Å². The van der Waals surface area contributed by atoms with E-state index in [0.717, 1.165) is 60.8 Å². The van der Waals surface area contributed by atoms with E-state index in [9.17, 15) is 9.59 Å². The van der Waals surface area contributed by atoms with Gasteiger partial charge in [0, 0.05) is 23.2 Å². The average molecular weight is 493 g/mol. The third kappa shape index (κ3) is 4.51. The molecule has 1 amide bonds. The number of anilines is 1. The van der Waals surface area contributed by atoms with E-state index in [4.69, 9.17) is 10.2 Å². The molecule has 0 bridgehead atoms. The molecule has 0 radical (unpaired) electrons. The number of fused-ring (bicyclic) bond motifs is 3. The maximum atomic E-state index is 13.8. The summed E-state index contributed by atoms with van der Waals surface area (Å²) in [5, 5.41) is 10.5. The number of hydrogen-bond donors (Lipinski definition) is 0. The number of aromatic nitrogens is 2. The Morgan fingerprint density at radius 2 is 1.94 bits per heavy atom. The third-order valence-electron chi connectivity index (χ3n) is 6.82. The highest BCUT2D eigenvalue weighted by Gasteiger charge is 2.27. The van der Waals surface area contributed by atoms with Gasteiger partial charge in [0.15, 0.2) is 5.16 Å². The molecular formula is C26H28N4O2S2. The molecule has 176 valence electrons. The molecule has 1 fully saturated rings. The summed E-state index contributed by atoms with van der Waals surface area (Å²) in [4.78, 5) is 35.8. The normalized spacial score (nSPS) is 15.9. The fraction of sp³-hybridized carbons (Fsp3) is 0.462. The first-order valence-electron chi connectivity index (χ1n) is 12.1. The van der Waals surface area contributed by atoms with Crippen LogP contribution in [0, 0.1) is 11.3 Å². The highest BCUT2D eigenvalue weighted by atomic mass is 32.2. The third-order valence-corrected chi connectivity index (χ3v) is 8.94. The zero-order valence-corrected chi connectivity index (χ0v) is 20.8. The smallest absolute Gasteiger partial charge is 0.263 e. The molecule has 0 aliphatic heterocycles. The lowest BCUT2D eigenvalue weighted by Gasteiger charge is -2.22. The van der Waals surface area contributed by atoms with Gasteiger partial charge in [-0.15, -0.1) is 11.3 Å². The Hall–Kier alpha value is -2.63. The van der Waals surface area contributed by atoms with Gasteiger partial charge in [-0.3, -0.25) is 14.2 Å². The zero-order chi connectivity index (χ0) is 23.5. The largest absolute Gasteiger partial charge is 0.311 e. The van der Waals surface area contributed by atoms with Gasteiger partial charge in [-0.1, -0.05) is 42.8 Å². The highest BCUT2D eigenvalue weighted by molar-refractivity contribution is 7.99. The Kier molecular flexibility index (Phi) is 7.02. The van der Waals surface area contributed by atoms with Gasteiger partial charge in [-0.05, 0) is 56.2 Å². The Bertz CT molecular complexity index is 1290. The lowest BCUT2D eigenvalue weighted by Crippen LogP contribution is -2.33. The fourth-order valence-corrected chi connectivity index (χ4v) is 7.40. The molecule has 3 aromatic rings. The number of aryl methyl sites for hydroxylation is 2. The number of carbonyl (C=O) groups excluding carboxylic acids is 1. The first kappa shape index (κ1) is 23.1. The first-order chi connectivity index (χ1) is 16.7. The Balaban J connectivity index is 1.48. The fourth-order valence-electron chi connectivity index (χ4n) is 5.16. The van der Waals surface area contributed by atoms with Crippen molar-refractivity contribution in [2.75, 3.05) is 17.2 Å². The van der Waals surface area contributed by atoms with E-state index in [1.165, 1.54) is 28.6 Å². The molecule has 0 atom stereocenters.